The number of fused-ring (bicyclic) bond motifs is 1. The molecule has 40 heavy (non-hydrogen) atoms. The lowest BCUT2D eigenvalue weighted by Crippen LogP contribution is -2.42. The summed E-state index contributed by atoms with van der Waals surface area (Å²) in [6, 6.07) is 19.5. The summed E-state index contributed by atoms with van der Waals surface area (Å²) in [6.07, 6.45) is 0.421. The van der Waals surface area contributed by atoms with Gasteiger partial charge in [0.25, 0.3) is 5.56 Å². The van der Waals surface area contributed by atoms with E-state index in [-0.39, 0.29) is 31.8 Å². The molecule has 0 fully saturated rings. The minimum atomic E-state index is -0.624. The Morgan fingerprint density at radius 2 is 1.62 bits per heavy atom. The molecule has 0 radical (unpaired) electrons. The molecular weight excluding hydrogens is 512 g/mol. The number of rotatable bonds is 11. The first-order valence-corrected chi connectivity index (χ1v) is 12.9. The lowest BCUT2D eigenvalue weighted by molar-refractivity contribution is -0.121. The van der Waals surface area contributed by atoms with E-state index in [4.69, 9.17) is 9.47 Å². The number of carbonyl (C=O) groups excluding carboxylic acids is 2. The topological polar surface area (TPSA) is 121 Å². The molecule has 4 aromatic rings. The third-order valence-corrected chi connectivity index (χ3v) is 6.51. The van der Waals surface area contributed by atoms with E-state index < -0.39 is 17.2 Å². The quantitative estimate of drug-likeness (QED) is 0.299. The van der Waals surface area contributed by atoms with Crippen molar-refractivity contribution in [3.05, 3.63) is 98.7 Å². The largest absolute Gasteiger partial charge is 0.497 e. The number of ether oxygens (including phenoxy) is 2. The molecule has 2 amide bonds. The van der Waals surface area contributed by atoms with Crippen LogP contribution in [0.2, 0.25) is 0 Å². The summed E-state index contributed by atoms with van der Waals surface area (Å²) < 4.78 is 12.9. The maximum atomic E-state index is 13.4. The minimum Gasteiger partial charge on any atom is -0.497 e. The van der Waals surface area contributed by atoms with Gasteiger partial charge >= 0.3 is 5.69 Å². The Hall–Kier alpha value is -4.86. The highest BCUT2D eigenvalue weighted by molar-refractivity contribution is 5.93. The van der Waals surface area contributed by atoms with E-state index in [0.29, 0.717) is 34.6 Å². The zero-order valence-corrected chi connectivity index (χ0v) is 22.7. The van der Waals surface area contributed by atoms with Crippen molar-refractivity contribution >= 4 is 28.4 Å². The summed E-state index contributed by atoms with van der Waals surface area (Å²) in [4.78, 5) is 52.0. The van der Waals surface area contributed by atoms with Crippen molar-refractivity contribution in [1.82, 2.24) is 14.5 Å². The highest BCUT2D eigenvalue weighted by Gasteiger charge is 2.17. The van der Waals surface area contributed by atoms with Crippen LogP contribution in [0.15, 0.2) is 76.3 Å². The van der Waals surface area contributed by atoms with Gasteiger partial charge in [0.2, 0.25) is 11.8 Å². The molecule has 1 aromatic heterocycles. The van der Waals surface area contributed by atoms with Gasteiger partial charge in [0, 0.05) is 25.6 Å². The van der Waals surface area contributed by atoms with Crippen molar-refractivity contribution in [2.24, 2.45) is 0 Å². The van der Waals surface area contributed by atoms with Gasteiger partial charge in [-0.3, -0.25) is 23.5 Å². The van der Waals surface area contributed by atoms with Crippen molar-refractivity contribution in [3.8, 4) is 11.5 Å². The zero-order valence-electron chi connectivity index (χ0n) is 22.7. The molecule has 2 N–H and O–H groups in total. The number of nitrogens with zero attached hydrogens (tertiary/aromatic N) is 2. The molecule has 208 valence electrons. The van der Waals surface area contributed by atoms with E-state index in [2.05, 4.69) is 10.6 Å². The molecule has 0 aliphatic carbocycles. The number of benzene rings is 3. The first kappa shape index (κ1) is 28.2. The number of hydrogen-bond donors (Lipinski definition) is 2. The van der Waals surface area contributed by atoms with Gasteiger partial charge in [0.05, 0.1) is 30.8 Å². The summed E-state index contributed by atoms with van der Waals surface area (Å²) in [5.41, 5.74) is 1.80. The number of nitrogens with one attached hydrogen (secondary N) is 2. The fourth-order valence-electron chi connectivity index (χ4n) is 4.35. The fourth-order valence-corrected chi connectivity index (χ4v) is 4.35. The molecule has 0 saturated heterocycles. The van der Waals surface area contributed by atoms with Crippen LogP contribution in [0.5, 0.6) is 11.5 Å². The maximum Gasteiger partial charge on any atom is 0.331 e. The summed E-state index contributed by atoms with van der Waals surface area (Å²) >= 11 is 0. The van der Waals surface area contributed by atoms with Crippen LogP contribution >= 0.6 is 0 Å². The zero-order chi connectivity index (χ0) is 28.6. The highest BCUT2D eigenvalue weighted by Crippen LogP contribution is 2.29. The summed E-state index contributed by atoms with van der Waals surface area (Å²) in [7, 11) is 3.00. The van der Waals surface area contributed by atoms with Crippen LogP contribution in [-0.2, 0) is 29.2 Å². The number of amides is 2. The van der Waals surface area contributed by atoms with Crippen molar-refractivity contribution < 1.29 is 19.1 Å². The average molecular weight is 545 g/mol. The summed E-state index contributed by atoms with van der Waals surface area (Å²) in [6.45, 7) is 2.10. The Labute approximate surface area is 231 Å². The molecule has 0 bridgehead atoms. The molecule has 1 heterocycles. The second kappa shape index (κ2) is 12.8. The maximum absolute atomic E-state index is 13.4. The molecular formula is C30H32N4O6. The van der Waals surface area contributed by atoms with Crippen LogP contribution in [0.4, 0.5) is 5.69 Å². The molecule has 0 atom stereocenters. The molecule has 4 rings (SSSR count). The number of aryl methyl sites for hydroxylation is 1. The molecule has 3 aromatic carbocycles. The predicted octanol–water partition coefficient (Wildman–Crippen LogP) is 3.22. The monoisotopic (exact) mass is 544 g/mol. The molecule has 10 heteroatoms. The van der Waals surface area contributed by atoms with Gasteiger partial charge in [-0.25, -0.2) is 4.79 Å². The van der Waals surface area contributed by atoms with Crippen LogP contribution < -0.4 is 31.4 Å². The van der Waals surface area contributed by atoms with Crippen molar-refractivity contribution in [1.29, 1.82) is 0 Å². The third kappa shape index (κ3) is 6.58. The SMILES string of the molecule is COc1ccc(NC(=O)Cn2c(=O)n(CCCC(=O)NCc3ccc(C)cc3)c(=O)c3ccccc32)c(OC)c1. The van der Waals surface area contributed by atoms with Crippen molar-refractivity contribution in [2.45, 2.75) is 39.4 Å². The Morgan fingerprint density at radius 1 is 0.875 bits per heavy atom. The van der Waals surface area contributed by atoms with Crippen LogP contribution in [0.3, 0.4) is 0 Å². The van der Waals surface area contributed by atoms with Gasteiger partial charge in [0.15, 0.2) is 0 Å². The number of hydrogen-bond acceptors (Lipinski definition) is 6. The lowest BCUT2D eigenvalue weighted by Gasteiger charge is -2.15. The first-order chi connectivity index (χ1) is 19.3. The molecule has 0 unspecified atom stereocenters. The van der Waals surface area contributed by atoms with E-state index in [9.17, 15) is 19.2 Å². The summed E-state index contributed by atoms with van der Waals surface area (Å²) in [5.74, 6) is 0.308. The van der Waals surface area contributed by atoms with Gasteiger partial charge in [-0.2, -0.15) is 0 Å². The Bertz CT molecular complexity index is 1640. The number of carbonyl (C=O) groups is 2. The van der Waals surface area contributed by atoms with E-state index in [0.717, 1.165) is 15.7 Å². The Balaban J connectivity index is 1.49. The van der Waals surface area contributed by atoms with Crippen LogP contribution in [0.25, 0.3) is 10.9 Å². The van der Waals surface area contributed by atoms with E-state index in [1.807, 2.05) is 31.2 Å². The Morgan fingerprint density at radius 3 is 2.35 bits per heavy atom. The van der Waals surface area contributed by atoms with Crippen molar-refractivity contribution in [3.63, 3.8) is 0 Å². The van der Waals surface area contributed by atoms with E-state index in [1.165, 1.54) is 18.8 Å². The van der Waals surface area contributed by atoms with Gasteiger partial charge in [-0.05, 0) is 43.2 Å². The van der Waals surface area contributed by atoms with Gasteiger partial charge < -0.3 is 20.1 Å². The summed E-state index contributed by atoms with van der Waals surface area (Å²) in [5, 5.41) is 5.92. The number of aromatic nitrogens is 2. The third-order valence-electron chi connectivity index (χ3n) is 6.51. The van der Waals surface area contributed by atoms with Gasteiger partial charge in [-0.1, -0.05) is 42.0 Å². The Kier molecular flexibility index (Phi) is 9.00. The lowest BCUT2D eigenvalue weighted by atomic mass is 10.1. The fraction of sp³-hybridized carbons (Fsp3) is 0.267. The molecule has 0 spiro atoms. The van der Waals surface area contributed by atoms with Gasteiger partial charge in [-0.15, -0.1) is 0 Å². The van der Waals surface area contributed by atoms with Crippen molar-refractivity contribution in [2.75, 3.05) is 19.5 Å². The normalized spacial score (nSPS) is 10.8. The predicted molar refractivity (Wildman–Crippen MR) is 153 cm³/mol. The van der Waals surface area contributed by atoms with Crippen LogP contribution in [0, 0.1) is 6.92 Å². The van der Waals surface area contributed by atoms with Gasteiger partial charge in [0.1, 0.15) is 18.0 Å². The van der Waals surface area contributed by atoms with Crippen LogP contribution in [-0.4, -0.2) is 35.2 Å². The smallest absolute Gasteiger partial charge is 0.331 e. The number of anilines is 1. The first-order valence-electron chi connectivity index (χ1n) is 12.9. The molecule has 0 saturated carbocycles. The van der Waals surface area contributed by atoms with E-state index in [1.54, 1.807) is 42.5 Å². The van der Waals surface area contributed by atoms with Crippen LogP contribution in [0.1, 0.15) is 24.0 Å². The second-order valence-corrected chi connectivity index (χ2v) is 9.32. The second-order valence-electron chi connectivity index (χ2n) is 9.32. The number of methoxy groups -OCH3 is 2. The molecule has 0 aliphatic rings. The molecule has 0 aliphatic heterocycles. The average Bonchev–Trinajstić information content (AvgIpc) is 2.97. The number of para-hydroxylation sites is 1. The highest BCUT2D eigenvalue weighted by atomic mass is 16.5. The van der Waals surface area contributed by atoms with E-state index >= 15 is 0 Å². The standard InChI is InChI=1S/C30H32N4O6/c1-20-10-12-21(13-11-20)18-31-27(35)9-6-16-33-29(37)23-7-4-5-8-25(23)34(30(33)38)19-28(36)32-24-15-14-22(39-2)17-26(24)40-3/h4-5,7-8,10-15,17H,6,9,16,18-19H2,1-3H3,(H,31,35)(H,32,36). The molecule has 10 nitrogen and oxygen atoms in total. The minimum absolute atomic E-state index is 0.0361.